The second-order valence-electron chi connectivity index (χ2n) is 4.87. The molecule has 0 aromatic heterocycles. The lowest BCUT2D eigenvalue weighted by atomic mass is 10.0. The summed E-state index contributed by atoms with van der Waals surface area (Å²) in [5.41, 5.74) is 0. The van der Waals surface area contributed by atoms with E-state index in [0.717, 1.165) is 19.6 Å². The first-order chi connectivity index (χ1) is 7.29. The van der Waals surface area contributed by atoms with Crippen LogP contribution in [0.25, 0.3) is 0 Å². The Morgan fingerprint density at radius 3 is 2.33 bits per heavy atom. The standard InChI is InChI=1S/C12H22N2O/c1-11-7-3-6-10-14(11)12(15)13-8-4-2-5-9-13/h11H,2-10H2,1H3. The van der Waals surface area contributed by atoms with E-state index >= 15 is 0 Å². The third-order valence-electron chi connectivity index (χ3n) is 3.68. The predicted octanol–water partition coefficient (Wildman–Crippen LogP) is 2.47. The fraction of sp³-hybridized carbons (Fsp3) is 0.917. The summed E-state index contributed by atoms with van der Waals surface area (Å²) < 4.78 is 0. The van der Waals surface area contributed by atoms with Crippen molar-refractivity contribution < 1.29 is 4.79 Å². The minimum absolute atomic E-state index is 0.293. The number of carbonyl (C=O) groups excluding carboxylic acids is 1. The lowest BCUT2D eigenvalue weighted by molar-refractivity contribution is 0.114. The van der Waals surface area contributed by atoms with Gasteiger partial charge in [0.15, 0.2) is 0 Å². The largest absolute Gasteiger partial charge is 0.325 e. The maximum absolute atomic E-state index is 12.2. The smallest absolute Gasteiger partial charge is 0.320 e. The number of hydrogen-bond donors (Lipinski definition) is 0. The highest BCUT2D eigenvalue weighted by Gasteiger charge is 2.27. The Bertz CT molecular complexity index is 224. The zero-order valence-corrected chi connectivity index (χ0v) is 9.74. The number of piperidine rings is 2. The van der Waals surface area contributed by atoms with Gasteiger partial charge in [-0.05, 0) is 45.4 Å². The van der Waals surface area contributed by atoms with Gasteiger partial charge in [-0.1, -0.05) is 0 Å². The third kappa shape index (κ3) is 2.44. The molecule has 1 atom stereocenters. The Hall–Kier alpha value is -0.730. The van der Waals surface area contributed by atoms with Gasteiger partial charge in [-0.3, -0.25) is 0 Å². The minimum Gasteiger partial charge on any atom is -0.325 e. The molecule has 2 amide bonds. The molecule has 2 aliphatic heterocycles. The van der Waals surface area contributed by atoms with Crippen molar-refractivity contribution in [1.82, 2.24) is 9.80 Å². The van der Waals surface area contributed by atoms with Crippen LogP contribution >= 0.6 is 0 Å². The van der Waals surface area contributed by atoms with Crippen LogP contribution in [0.3, 0.4) is 0 Å². The molecule has 0 aromatic carbocycles. The van der Waals surface area contributed by atoms with E-state index in [1.807, 2.05) is 4.90 Å². The fourth-order valence-electron chi connectivity index (χ4n) is 2.65. The van der Waals surface area contributed by atoms with Crippen LogP contribution < -0.4 is 0 Å². The Kier molecular flexibility index (Phi) is 3.49. The lowest BCUT2D eigenvalue weighted by Gasteiger charge is -2.38. The van der Waals surface area contributed by atoms with Crippen LogP contribution in [0.1, 0.15) is 45.4 Å². The molecule has 0 spiro atoms. The molecule has 0 aromatic rings. The van der Waals surface area contributed by atoms with Crippen molar-refractivity contribution in [2.24, 2.45) is 0 Å². The van der Waals surface area contributed by atoms with Gasteiger partial charge in [0.1, 0.15) is 0 Å². The van der Waals surface area contributed by atoms with Crippen molar-refractivity contribution in [3.8, 4) is 0 Å². The average Bonchev–Trinajstić information content (AvgIpc) is 2.30. The molecular weight excluding hydrogens is 188 g/mol. The molecule has 1 unspecified atom stereocenters. The zero-order chi connectivity index (χ0) is 10.7. The second-order valence-corrected chi connectivity index (χ2v) is 4.87. The Labute approximate surface area is 92.4 Å². The van der Waals surface area contributed by atoms with Crippen molar-refractivity contribution in [2.75, 3.05) is 19.6 Å². The van der Waals surface area contributed by atoms with Crippen LogP contribution in [0.4, 0.5) is 4.79 Å². The summed E-state index contributed by atoms with van der Waals surface area (Å²) in [6.07, 6.45) is 7.32. The van der Waals surface area contributed by atoms with Crippen molar-refractivity contribution in [3.63, 3.8) is 0 Å². The summed E-state index contributed by atoms with van der Waals surface area (Å²) in [5, 5.41) is 0. The van der Waals surface area contributed by atoms with Crippen LogP contribution in [-0.4, -0.2) is 41.5 Å². The lowest BCUT2D eigenvalue weighted by Crippen LogP contribution is -2.50. The van der Waals surface area contributed by atoms with Gasteiger partial charge in [0, 0.05) is 25.7 Å². The molecule has 0 N–H and O–H groups in total. The van der Waals surface area contributed by atoms with Crippen LogP contribution in [0, 0.1) is 0 Å². The second kappa shape index (κ2) is 4.86. The van der Waals surface area contributed by atoms with Gasteiger partial charge in [-0.2, -0.15) is 0 Å². The van der Waals surface area contributed by atoms with Gasteiger partial charge in [-0.15, -0.1) is 0 Å². The molecule has 2 rings (SSSR count). The summed E-state index contributed by atoms with van der Waals surface area (Å²) in [7, 11) is 0. The highest BCUT2D eigenvalue weighted by atomic mass is 16.2. The molecular formula is C12H22N2O. The average molecular weight is 210 g/mol. The number of nitrogens with zero attached hydrogens (tertiary/aromatic N) is 2. The van der Waals surface area contributed by atoms with Gasteiger partial charge < -0.3 is 9.80 Å². The maximum Gasteiger partial charge on any atom is 0.320 e. The maximum atomic E-state index is 12.2. The van der Waals surface area contributed by atoms with E-state index < -0.39 is 0 Å². The first-order valence-electron chi connectivity index (χ1n) is 6.34. The molecule has 0 saturated carbocycles. The van der Waals surface area contributed by atoms with Crippen LogP contribution in [0.2, 0.25) is 0 Å². The number of urea groups is 1. The number of hydrogen-bond acceptors (Lipinski definition) is 1. The summed E-state index contributed by atoms with van der Waals surface area (Å²) in [6, 6.07) is 0.745. The van der Waals surface area contributed by atoms with E-state index in [2.05, 4.69) is 11.8 Å². The summed E-state index contributed by atoms with van der Waals surface area (Å²) >= 11 is 0. The predicted molar refractivity (Wildman–Crippen MR) is 60.8 cm³/mol. The number of amides is 2. The van der Waals surface area contributed by atoms with Gasteiger partial charge in [0.05, 0.1) is 0 Å². The summed E-state index contributed by atoms with van der Waals surface area (Å²) in [6.45, 7) is 5.10. The zero-order valence-electron chi connectivity index (χ0n) is 9.74. The SMILES string of the molecule is CC1CCCCN1C(=O)N1CCCCC1. The van der Waals surface area contributed by atoms with Crippen molar-refractivity contribution in [1.29, 1.82) is 0 Å². The molecule has 86 valence electrons. The van der Waals surface area contributed by atoms with E-state index in [0.29, 0.717) is 12.1 Å². The normalized spacial score (nSPS) is 27.9. The summed E-state index contributed by atoms with van der Waals surface area (Å²) in [5.74, 6) is 0. The number of rotatable bonds is 0. The minimum atomic E-state index is 0.293. The van der Waals surface area contributed by atoms with Crippen LogP contribution in [-0.2, 0) is 0 Å². The van der Waals surface area contributed by atoms with Crippen molar-refractivity contribution >= 4 is 6.03 Å². The number of likely N-dealkylation sites (tertiary alicyclic amines) is 2. The fourth-order valence-corrected chi connectivity index (χ4v) is 2.65. The summed E-state index contributed by atoms with van der Waals surface area (Å²) in [4.78, 5) is 16.3. The quantitative estimate of drug-likeness (QED) is 0.602. The van der Waals surface area contributed by atoms with E-state index in [9.17, 15) is 4.79 Å². The number of carbonyl (C=O) groups is 1. The van der Waals surface area contributed by atoms with E-state index in [4.69, 9.17) is 0 Å². The molecule has 2 fully saturated rings. The molecule has 0 radical (unpaired) electrons. The molecule has 15 heavy (non-hydrogen) atoms. The monoisotopic (exact) mass is 210 g/mol. The molecule has 3 nitrogen and oxygen atoms in total. The van der Waals surface area contributed by atoms with Gasteiger partial charge in [0.2, 0.25) is 0 Å². The van der Waals surface area contributed by atoms with E-state index in [1.54, 1.807) is 0 Å². The van der Waals surface area contributed by atoms with E-state index in [-0.39, 0.29) is 0 Å². The van der Waals surface area contributed by atoms with Crippen LogP contribution in [0.15, 0.2) is 0 Å². The topological polar surface area (TPSA) is 23.6 Å². The molecule has 0 bridgehead atoms. The first kappa shape index (κ1) is 10.8. The first-order valence-corrected chi connectivity index (χ1v) is 6.34. The highest BCUT2D eigenvalue weighted by Crippen LogP contribution is 2.19. The molecule has 3 heteroatoms. The van der Waals surface area contributed by atoms with Gasteiger partial charge in [-0.25, -0.2) is 4.79 Å². The van der Waals surface area contributed by atoms with Crippen LogP contribution in [0.5, 0.6) is 0 Å². The Morgan fingerprint density at radius 1 is 1.00 bits per heavy atom. The Morgan fingerprint density at radius 2 is 1.67 bits per heavy atom. The van der Waals surface area contributed by atoms with Gasteiger partial charge in [0.25, 0.3) is 0 Å². The van der Waals surface area contributed by atoms with Crippen molar-refractivity contribution in [2.45, 2.75) is 51.5 Å². The van der Waals surface area contributed by atoms with Gasteiger partial charge >= 0.3 is 6.03 Å². The van der Waals surface area contributed by atoms with Crippen molar-refractivity contribution in [3.05, 3.63) is 0 Å². The molecule has 0 aliphatic carbocycles. The molecule has 2 saturated heterocycles. The molecule has 2 aliphatic rings. The third-order valence-corrected chi connectivity index (χ3v) is 3.68. The van der Waals surface area contributed by atoms with E-state index in [1.165, 1.54) is 38.5 Å². The Balaban J connectivity index is 1.92. The highest BCUT2D eigenvalue weighted by molar-refractivity contribution is 5.75. The molecule has 2 heterocycles.